The van der Waals surface area contributed by atoms with E-state index in [0.29, 0.717) is 59.9 Å². The number of halogens is 1. The van der Waals surface area contributed by atoms with E-state index in [0.717, 1.165) is 11.4 Å². The Morgan fingerprint density at radius 1 is 1.12 bits per heavy atom. The van der Waals surface area contributed by atoms with Gasteiger partial charge in [-0.3, -0.25) is 14.9 Å². The fourth-order valence-electron chi connectivity index (χ4n) is 4.46. The summed E-state index contributed by atoms with van der Waals surface area (Å²) in [5, 5.41) is 20.2. The quantitative estimate of drug-likeness (QED) is 0.396. The standard InChI is InChI=1S/C24H21ClN4O4/c1-15-11-22-18(13-19(15)25)21(30)14-24(33-22)7-9-28(10-8-24)23-6-5-20(26-27-23)16-3-2-4-17(12-16)29(31)32/h2-6,11-13H,7-10,14H2,1H3. The van der Waals surface area contributed by atoms with Crippen molar-refractivity contribution < 1.29 is 14.5 Å². The van der Waals surface area contributed by atoms with Gasteiger partial charge in [-0.25, -0.2) is 0 Å². The number of nitrogens with zero attached hydrogens (tertiary/aromatic N) is 4. The molecular weight excluding hydrogens is 444 g/mol. The smallest absolute Gasteiger partial charge is 0.270 e. The molecular formula is C24H21ClN4O4. The Kier molecular flexibility index (Phi) is 5.25. The van der Waals surface area contributed by atoms with Crippen LogP contribution < -0.4 is 9.64 Å². The summed E-state index contributed by atoms with van der Waals surface area (Å²) >= 11 is 6.19. The molecule has 3 heterocycles. The second-order valence-electron chi connectivity index (χ2n) is 8.55. The van der Waals surface area contributed by atoms with Gasteiger partial charge in [-0.05, 0) is 36.8 Å². The fourth-order valence-corrected chi connectivity index (χ4v) is 4.63. The molecule has 8 nitrogen and oxygen atoms in total. The monoisotopic (exact) mass is 464 g/mol. The Labute approximate surface area is 195 Å². The van der Waals surface area contributed by atoms with Crippen molar-refractivity contribution in [3.8, 4) is 17.0 Å². The van der Waals surface area contributed by atoms with Crippen LogP contribution in [0.3, 0.4) is 0 Å². The maximum absolute atomic E-state index is 12.8. The Bertz CT molecular complexity index is 1250. The molecule has 2 aromatic carbocycles. The molecule has 1 saturated heterocycles. The molecule has 0 atom stereocenters. The van der Waals surface area contributed by atoms with E-state index in [1.807, 2.05) is 25.1 Å². The first kappa shape index (κ1) is 21.3. The highest BCUT2D eigenvalue weighted by atomic mass is 35.5. The maximum atomic E-state index is 12.8. The first-order chi connectivity index (χ1) is 15.8. The summed E-state index contributed by atoms with van der Waals surface area (Å²) in [5.41, 5.74) is 2.16. The van der Waals surface area contributed by atoms with Crippen LogP contribution in [0.25, 0.3) is 11.3 Å². The van der Waals surface area contributed by atoms with Crippen molar-refractivity contribution in [1.29, 1.82) is 0 Å². The normalized spacial score (nSPS) is 16.9. The zero-order chi connectivity index (χ0) is 23.2. The molecule has 1 fully saturated rings. The number of aromatic nitrogens is 2. The minimum atomic E-state index is -0.517. The van der Waals surface area contributed by atoms with Gasteiger partial charge in [-0.15, -0.1) is 10.2 Å². The highest BCUT2D eigenvalue weighted by molar-refractivity contribution is 6.31. The van der Waals surface area contributed by atoms with Gasteiger partial charge in [0.1, 0.15) is 11.4 Å². The van der Waals surface area contributed by atoms with E-state index in [4.69, 9.17) is 16.3 Å². The number of carbonyl (C=O) groups excluding carboxylic acids is 1. The van der Waals surface area contributed by atoms with Crippen molar-refractivity contribution in [2.24, 2.45) is 0 Å². The molecule has 168 valence electrons. The summed E-state index contributed by atoms with van der Waals surface area (Å²) in [7, 11) is 0. The van der Waals surface area contributed by atoms with Crippen LogP contribution in [0.2, 0.25) is 5.02 Å². The Morgan fingerprint density at radius 3 is 2.61 bits per heavy atom. The third-order valence-corrected chi connectivity index (χ3v) is 6.78. The molecule has 2 aliphatic rings. The number of benzene rings is 2. The number of carbonyl (C=O) groups is 1. The number of anilines is 1. The van der Waals surface area contributed by atoms with Gasteiger partial charge < -0.3 is 9.64 Å². The lowest BCUT2D eigenvalue weighted by Gasteiger charge is -2.44. The number of hydrogen-bond acceptors (Lipinski definition) is 7. The van der Waals surface area contributed by atoms with Crippen LogP contribution in [0.4, 0.5) is 11.5 Å². The Balaban J connectivity index is 1.29. The number of ether oxygens (including phenoxy) is 1. The predicted octanol–water partition coefficient (Wildman–Crippen LogP) is 5.02. The van der Waals surface area contributed by atoms with Crippen LogP contribution >= 0.6 is 11.6 Å². The van der Waals surface area contributed by atoms with E-state index in [-0.39, 0.29) is 11.5 Å². The number of ketones is 1. The van der Waals surface area contributed by atoms with Crippen molar-refractivity contribution >= 4 is 28.9 Å². The van der Waals surface area contributed by atoms with Crippen molar-refractivity contribution in [3.05, 3.63) is 74.8 Å². The topological polar surface area (TPSA) is 98.5 Å². The summed E-state index contributed by atoms with van der Waals surface area (Å²) in [4.78, 5) is 25.5. The van der Waals surface area contributed by atoms with Gasteiger partial charge in [-0.2, -0.15) is 0 Å². The molecule has 3 aromatic rings. The van der Waals surface area contributed by atoms with Gasteiger partial charge >= 0.3 is 0 Å². The van der Waals surface area contributed by atoms with Crippen molar-refractivity contribution in [2.75, 3.05) is 18.0 Å². The van der Waals surface area contributed by atoms with E-state index < -0.39 is 10.5 Å². The number of Topliss-reactive ketones (excluding diaryl/α,β-unsaturated/α-hetero) is 1. The predicted molar refractivity (Wildman–Crippen MR) is 124 cm³/mol. The molecule has 33 heavy (non-hydrogen) atoms. The van der Waals surface area contributed by atoms with Gasteiger partial charge in [0.2, 0.25) is 0 Å². The van der Waals surface area contributed by atoms with E-state index in [9.17, 15) is 14.9 Å². The SMILES string of the molecule is Cc1cc2c(cc1Cl)C(=O)CC1(CCN(c3ccc(-c4cccc([N+](=O)[O-])c4)nn3)CC1)O2. The lowest BCUT2D eigenvalue weighted by molar-refractivity contribution is -0.384. The van der Waals surface area contributed by atoms with Crippen LogP contribution in [0.15, 0.2) is 48.5 Å². The molecule has 0 bridgehead atoms. The molecule has 0 aliphatic carbocycles. The zero-order valence-electron chi connectivity index (χ0n) is 18.0. The second kappa shape index (κ2) is 8.12. The average molecular weight is 465 g/mol. The summed E-state index contributed by atoms with van der Waals surface area (Å²) in [6.07, 6.45) is 1.72. The Hall–Kier alpha value is -3.52. The van der Waals surface area contributed by atoms with Crippen LogP contribution in [0.5, 0.6) is 5.75 Å². The van der Waals surface area contributed by atoms with Gasteiger partial charge in [0.15, 0.2) is 11.6 Å². The highest BCUT2D eigenvalue weighted by Gasteiger charge is 2.43. The molecule has 2 aliphatic heterocycles. The average Bonchev–Trinajstić information content (AvgIpc) is 2.81. The minimum absolute atomic E-state index is 0.0146. The lowest BCUT2D eigenvalue weighted by Crippen LogP contribution is -2.51. The minimum Gasteiger partial charge on any atom is -0.486 e. The summed E-state index contributed by atoms with van der Waals surface area (Å²) in [6.45, 7) is 3.26. The zero-order valence-corrected chi connectivity index (χ0v) is 18.7. The summed E-state index contributed by atoms with van der Waals surface area (Å²) < 4.78 is 6.36. The lowest BCUT2D eigenvalue weighted by atomic mass is 9.82. The number of nitro groups is 1. The Morgan fingerprint density at radius 2 is 1.91 bits per heavy atom. The van der Waals surface area contributed by atoms with E-state index in [1.165, 1.54) is 12.1 Å². The molecule has 9 heteroatoms. The largest absolute Gasteiger partial charge is 0.486 e. The van der Waals surface area contributed by atoms with Gasteiger partial charge in [-0.1, -0.05) is 23.7 Å². The number of nitro benzene ring substituents is 1. The number of aryl methyl sites for hydroxylation is 1. The molecule has 5 rings (SSSR count). The van der Waals surface area contributed by atoms with Crippen molar-refractivity contribution in [2.45, 2.75) is 31.8 Å². The molecule has 1 spiro atoms. The van der Waals surface area contributed by atoms with Gasteiger partial charge in [0, 0.05) is 48.6 Å². The molecule has 0 radical (unpaired) electrons. The van der Waals surface area contributed by atoms with E-state index in [2.05, 4.69) is 15.1 Å². The number of piperidine rings is 1. The fraction of sp³-hybridized carbons (Fsp3) is 0.292. The molecule has 0 amide bonds. The molecule has 0 N–H and O–H groups in total. The number of hydrogen-bond donors (Lipinski definition) is 0. The van der Waals surface area contributed by atoms with Gasteiger partial charge in [0.25, 0.3) is 5.69 Å². The summed E-state index contributed by atoms with van der Waals surface area (Å²) in [5.74, 6) is 1.40. The van der Waals surface area contributed by atoms with Gasteiger partial charge in [0.05, 0.1) is 22.6 Å². The van der Waals surface area contributed by atoms with Crippen LogP contribution in [0.1, 0.15) is 35.2 Å². The van der Waals surface area contributed by atoms with Crippen molar-refractivity contribution in [1.82, 2.24) is 10.2 Å². The van der Waals surface area contributed by atoms with E-state index in [1.54, 1.807) is 18.2 Å². The molecule has 0 saturated carbocycles. The first-order valence-electron chi connectivity index (χ1n) is 10.7. The van der Waals surface area contributed by atoms with Crippen LogP contribution in [0, 0.1) is 17.0 Å². The van der Waals surface area contributed by atoms with Crippen LogP contribution in [-0.2, 0) is 0 Å². The van der Waals surface area contributed by atoms with E-state index >= 15 is 0 Å². The second-order valence-corrected chi connectivity index (χ2v) is 8.96. The molecule has 0 unspecified atom stereocenters. The highest BCUT2D eigenvalue weighted by Crippen LogP contribution is 2.41. The third-order valence-electron chi connectivity index (χ3n) is 6.37. The van der Waals surface area contributed by atoms with Crippen molar-refractivity contribution in [3.63, 3.8) is 0 Å². The first-order valence-corrected chi connectivity index (χ1v) is 11.1. The van der Waals surface area contributed by atoms with Crippen LogP contribution in [-0.4, -0.2) is 39.6 Å². The summed E-state index contributed by atoms with van der Waals surface area (Å²) in [6, 6.07) is 13.6. The third kappa shape index (κ3) is 4.02. The molecule has 1 aromatic heterocycles. The maximum Gasteiger partial charge on any atom is 0.270 e. The number of rotatable bonds is 3. The number of non-ortho nitro benzene ring substituents is 1. The number of fused-ring (bicyclic) bond motifs is 1.